The third-order valence-corrected chi connectivity index (χ3v) is 3.76. The molecule has 0 unspecified atom stereocenters. The van der Waals surface area contributed by atoms with E-state index in [2.05, 4.69) is 11.6 Å². The molecule has 1 heterocycles. The highest BCUT2D eigenvalue weighted by atomic mass is 32.2. The molecule has 1 aromatic rings. The molecule has 17 heavy (non-hydrogen) atoms. The van der Waals surface area contributed by atoms with E-state index in [-0.39, 0.29) is 11.6 Å². The number of hydrogen-bond acceptors (Lipinski definition) is 4. The summed E-state index contributed by atoms with van der Waals surface area (Å²) in [6, 6.07) is 3.00. The van der Waals surface area contributed by atoms with Crippen LogP contribution in [0.15, 0.2) is 21.6 Å². The molecule has 0 aliphatic rings. The van der Waals surface area contributed by atoms with Crippen LogP contribution in [-0.2, 0) is 16.6 Å². The predicted octanol–water partition coefficient (Wildman–Crippen LogP) is 1.60. The molecule has 98 valence electrons. The van der Waals surface area contributed by atoms with Gasteiger partial charge < -0.3 is 10.2 Å². The molecule has 0 aliphatic carbocycles. The SMILES string of the molecule is CCCCCCNS(=O)(=O)c1ccc(CN)o1. The average molecular weight is 260 g/mol. The van der Waals surface area contributed by atoms with E-state index < -0.39 is 10.0 Å². The molecule has 0 amide bonds. The molecule has 0 aliphatic heterocycles. The maximum absolute atomic E-state index is 11.7. The summed E-state index contributed by atoms with van der Waals surface area (Å²) in [7, 11) is -3.51. The Hall–Kier alpha value is -0.850. The van der Waals surface area contributed by atoms with Crippen molar-refractivity contribution in [1.29, 1.82) is 0 Å². The minimum Gasteiger partial charge on any atom is -0.447 e. The minimum atomic E-state index is -3.51. The van der Waals surface area contributed by atoms with Gasteiger partial charge in [-0.15, -0.1) is 0 Å². The average Bonchev–Trinajstić information content (AvgIpc) is 2.78. The number of rotatable bonds is 8. The largest absolute Gasteiger partial charge is 0.447 e. The fourth-order valence-corrected chi connectivity index (χ4v) is 2.46. The molecule has 1 aromatic heterocycles. The number of furan rings is 1. The standard InChI is InChI=1S/C11H20N2O3S/c1-2-3-4-5-8-13-17(14,15)11-7-6-10(9-12)16-11/h6-7,13H,2-5,8-9,12H2,1H3. The molecule has 0 radical (unpaired) electrons. The number of nitrogens with two attached hydrogens (primary N) is 1. The Morgan fingerprint density at radius 1 is 1.29 bits per heavy atom. The van der Waals surface area contributed by atoms with Crippen LogP contribution in [0.3, 0.4) is 0 Å². The van der Waals surface area contributed by atoms with Gasteiger partial charge in [-0.1, -0.05) is 26.2 Å². The van der Waals surface area contributed by atoms with Crippen molar-refractivity contribution in [2.45, 2.75) is 44.2 Å². The van der Waals surface area contributed by atoms with Crippen molar-refractivity contribution in [3.8, 4) is 0 Å². The van der Waals surface area contributed by atoms with E-state index in [9.17, 15) is 8.42 Å². The zero-order valence-electron chi connectivity index (χ0n) is 10.1. The molecular formula is C11H20N2O3S. The third-order valence-electron chi connectivity index (χ3n) is 2.43. The highest BCUT2D eigenvalue weighted by Gasteiger charge is 2.17. The van der Waals surface area contributed by atoms with Gasteiger partial charge in [0.05, 0.1) is 6.54 Å². The van der Waals surface area contributed by atoms with Gasteiger partial charge in [-0.25, -0.2) is 13.1 Å². The fourth-order valence-electron chi connectivity index (χ4n) is 1.44. The third kappa shape index (κ3) is 4.49. The first-order valence-corrected chi connectivity index (χ1v) is 7.37. The lowest BCUT2D eigenvalue weighted by molar-refractivity contribution is 0.412. The number of sulfonamides is 1. The lowest BCUT2D eigenvalue weighted by Gasteiger charge is -2.03. The number of nitrogens with one attached hydrogen (secondary N) is 1. The number of hydrogen-bond donors (Lipinski definition) is 2. The Labute approximate surface area is 102 Å². The van der Waals surface area contributed by atoms with Crippen LogP contribution in [0.25, 0.3) is 0 Å². The molecule has 1 rings (SSSR count). The van der Waals surface area contributed by atoms with Crippen LogP contribution in [0.2, 0.25) is 0 Å². The summed E-state index contributed by atoms with van der Waals surface area (Å²) in [6.07, 6.45) is 4.13. The van der Waals surface area contributed by atoms with E-state index in [0.29, 0.717) is 12.3 Å². The second kappa shape index (κ2) is 6.78. The van der Waals surface area contributed by atoms with Gasteiger partial charge in [0.2, 0.25) is 5.09 Å². The minimum absolute atomic E-state index is 0.0616. The van der Waals surface area contributed by atoms with E-state index in [1.54, 1.807) is 6.07 Å². The Morgan fingerprint density at radius 3 is 2.65 bits per heavy atom. The lowest BCUT2D eigenvalue weighted by atomic mass is 10.2. The Balaban J connectivity index is 2.45. The van der Waals surface area contributed by atoms with Gasteiger partial charge in [-0.3, -0.25) is 0 Å². The number of unbranched alkanes of at least 4 members (excludes halogenated alkanes) is 3. The summed E-state index contributed by atoms with van der Waals surface area (Å²) in [4.78, 5) is 0. The Morgan fingerprint density at radius 2 is 2.06 bits per heavy atom. The second-order valence-electron chi connectivity index (χ2n) is 3.88. The van der Waals surface area contributed by atoms with Crippen molar-refractivity contribution < 1.29 is 12.8 Å². The normalized spacial score (nSPS) is 11.9. The van der Waals surface area contributed by atoms with Crippen LogP contribution in [0, 0.1) is 0 Å². The van der Waals surface area contributed by atoms with E-state index in [0.717, 1.165) is 25.7 Å². The van der Waals surface area contributed by atoms with Crippen molar-refractivity contribution in [2.24, 2.45) is 5.73 Å². The fraction of sp³-hybridized carbons (Fsp3) is 0.636. The van der Waals surface area contributed by atoms with Gasteiger partial charge in [0.1, 0.15) is 5.76 Å². The molecule has 0 saturated carbocycles. The lowest BCUT2D eigenvalue weighted by Crippen LogP contribution is -2.24. The molecule has 0 bridgehead atoms. The van der Waals surface area contributed by atoms with Crippen molar-refractivity contribution in [1.82, 2.24) is 4.72 Å². The van der Waals surface area contributed by atoms with E-state index in [1.807, 2.05) is 0 Å². The first kappa shape index (κ1) is 14.2. The van der Waals surface area contributed by atoms with Crippen molar-refractivity contribution in [2.75, 3.05) is 6.54 Å². The molecule has 5 nitrogen and oxygen atoms in total. The van der Waals surface area contributed by atoms with Crippen LogP contribution < -0.4 is 10.5 Å². The Kier molecular flexibility index (Phi) is 5.67. The molecular weight excluding hydrogens is 240 g/mol. The second-order valence-corrected chi connectivity index (χ2v) is 5.58. The van der Waals surface area contributed by atoms with E-state index in [4.69, 9.17) is 10.2 Å². The van der Waals surface area contributed by atoms with Crippen LogP contribution in [0.4, 0.5) is 0 Å². The maximum atomic E-state index is 11.7. The maximum Gasteiger partial charge on any atom is 0.273 e. The predicted molar refractivity (Wildman–Crippen MR) is 65.9 cm³/mol. The smallest absolute Gasteiger partial charge is 0.273 e. The summed E-state index contributed by atoms with van der Waals surface area (Å²) in [5, 5.41) is -0.0616. The monoisotopic (exact) mass is 260 g/mol. The van der Waals surface area contributed by atoms with E-state index >= 15 is 0 Å². The van der Waals surface area contributed by atoms with Crippen molar-refractivity contribution in [3.63, 3.8) is 0 Å². The summed E-state index contributed by atoms with van der Waals surface area (Å²) in [5.41, 5.74) is 5.35. The highest BCUT2D eigenvalue weighted by Crippen LogP contribution is 2.13. The van der Waals surface area contributed by atoms with Gasteiger partial charge in [-0.05, 0) is 18.6 Å². The van der Waals surface area contributed by atoms with Crippen LogP contribution >= 0.6 is 0 Å². The molecule has 0 atom stereocenters. The molecule has 6 heteroatoms. The quantitative estimate of drug-likeness (QED) is 0.695. The summed E-state index contributed by atoms with van der Waals surface area (Å²) in [6.45, 7) is 2.76. The highest BCUT2D eigenvalue weighted by molar-refractivity contribution is 7.89. The van der Waals surface area contributed by atoms with Gasteiger partial charge in [-0.2, -0.15) is 0 Å². The summed E-state index contributed by atoms with van der Waals surface area (Å²) in [5.74, 6) is 0.469. The zero-order valence-corrected chi connectivity index (χ0v) is 10.9. The van der Waals surface area contributed by atoms with Crippen LogP contribution in [0.5, 0.6) is 0 Å². The molecule has 0 spiro atoms. The zero-order chi connectivity index (χ0) is 12.7. The van der Waals surface area contributed by atoms with E-state index in [1.165, 1.54) is 6.07 Å². The molecule has 0 fully saturated rings. The van der Waals surface area contributed by atoms with Gasteiger partial charge in [0.25, 0.3) is 10.0 Å². The van der Waals surface area contributed by atoms with Gasteiger partial charge in [0, 0.05) is 6.54 Å². The van der Waals surface area contributed by atoms with Crippen LogP contribution in [0.1, 0.15) is 38.4 Å². The van der Waals surface area contributed by atoms with Crippen molar-refractivity contribution >= 4 is 10.0 Å². The molecule has 0 aromatic carbocycles. The van der Waals surface area contributed by atoms with Gasteiger partial charge >= 0.3 is 0 Å². The topological polar surface area (TPSA) is 85.3 Å². The van der Waals surface area contributed by atoms with Crippen molar-refractivity contribution in [3.05, 3.63) is 17.9 Å². The van der Waals surface area contributed by atoms with Gasteiger partial charge in [0.15, 0.2) is 0 Å². The summed E-state index contributed by atoms with van der Waals surface area (Å²) >= 11 is 0. The first-order valence-electron chi connectivity index (χ1n) is 5.88. The molecule has 0 saturated heterocycles. The Bertz CT molecular complexity index is 426. The summed E-state index contributed by atoms with van der Waals surface area (Å²) < 4.78 is 31.1. The molecule has 3 N–H and O–H groups in total. The van der Waals surface area contributed by atoms with Crippen LogP contribution in [-0.4, -0.2) is 15.0 Å². The first-order chi connectivity index (χ1) is 8.10.